The zero-order valence-electron chi connectivity index (χ0n) is 67.8. The molecule has 10 heterocycles. The van der Waals surface area contributed by atoms with Gasteiger partial charge in [0.1, 0.15) is 244 Å². The third-order valence-corrected chi connectivity index (χ3v) is 22.9. The van der Waals surface area contributed by atoms with Crippen LogP contribution in [0.25, 0.3) is 0 Å². The van der Waals surface area contributed by atoms with Crippen molar-refractivity contribution in [1.29, 1.82) is 0 Å². The summed E-state index contributed by atoms with van der Waals surface area (Å²) < 4.78 is 116. The van der Waals surface area contributed by atoms with Crippen LogP contribution in [0.15, 0.2) is 0 Å². The van der Waals surface area contributed by atoms with Crippen LogP contribution in [0, 0.1) is 0 Å². The lowest BCUT2D eigenvalue weighted by Crippen LogP contribution is -2.71. The first-order chi connectivity index (χ1) is 59.6. The summed E-state index contributed by atoms with van der Waals surface area (Å²) in [7, 11) is 0. The van der Waals surface area contributed by atoms with E-state index in [-0.39, 0.29) is 0 Å². The molecular weight excluding hydrogens is 1730 g/mol. The number of amides is 5. The Bertz CT molecular complexity index is 3440. The van der Waals surface area contributed by atoms with E-state index >= 15 is 0 Å². The van der Waals surface area contributed by atoms with Gasteiger partial charge in [-0.1, -0.05) is 0 Å². The Morgan fingerprint density at radius 1 is 0.206 bits per heavy atom. The monoisotopic (exact) mass is 1840 g/mol. The molecule has 10 aliphatic rings. The van der Waals surface area contributed by atoms with Crippen molar-refractivity contribution in [3.63, 3.8) is 0 Å². The van der Waals surface area contributed by atoms with Gasteiger partial charge >= 0.3 is 0 Å². The molecule has 32 N–H and O–H groups in total. The summed E-state index contributed by atoms with van der Waals surface area (Å²) in [5.74, 6) is -4.84. The number of rotatable bonds is 33. The largest absolute Gasteiger partial charge is 0.394 e. The maximum Gasteiger partial charge on any atom is 0.217 e. The van der Waals surface area contributed by atoms with Crippen molar-refractivity contribution in [2.24, 2.45) is 0 Å². The summed E-state index contributed by atoms with van der Waals surface area (Å²) >= 11 is 0. The summed E-state index contributed by atoms with van der Waals surface area (Å²) in [6.45, 7) is -7.11. The number of carbonyl (C=O) groups is 5. The van der Waals surface area contributed by atoms with Gasteiger partial charge in [-0.05, 0) is 0 Å². The Hall–Kier alpha value is -4.49. The molecular formula is C70H117N5O51. The third kappa shape index (κ3) is 22.9. The fraction of sp³-hybridized carbons (Fsp3) is 0.929. The predicted molar refractivity (Wildman–Crippen MR) is 388 cm³/mol. The van der Waals surface area contributed by atoms with Crippen LogP contribution in [0.5, 0.6) is 0 Å². The normalized spacial score (nSPS) is 48.4. The molecule has 10 saturated heterocycles. The van der Waals surface area contributed by atoms with E-state index in [0.717, 1.165) is 34.6 Å². The molecule has 0 aromatic carbocycles. The second-order valence-electron chi connectivity index (χ2n) is 31.7. The highest BCUT2D eigenvalue weighted by Crippen LogP contribution is 2.42. The molecule has 10 aliphatic heterocycles. The summed E-state index contributed by atoms with van der Waals surface area (Å²) in [4.78, 5) is 65.0. The van der Waals surface area contributed by atoms with Crippen molar-refractivity contribution < 1.29 is 252 Å². The Kier molecular flexibility index (Phi) is 37.4. The fourth-order valence-electron chi connectivity index (χ4n) is 16.3. The van der Waals surface area contributed by atoms with Crippen LogP contribution < -0.4 is 26.6 Å². The lowest BCUT2D eigenvalue weighted by Gasteiger charge is -2.52. The van der Waals surface area contributed by atoms with Gasteiger partial charge in [0.05, 0.1) is 66.1 Å². The Morgan fingerprint density at radius 2 is 0.437 bits per heavy atom. The Labute approximate surface area is 713 Å². The standard InChI is InChI=1S/C70H117N5O51/c1-16(85)71-31-42(96)53(26(11-81)109-61(31)107)119-63-33(73-18(3)87)43(97)56(29(14-84)115-63)122-68-52(106)58(124-70-60(49(103)40(94)25(10-80)114-70)126-65-35(75-20(5)89)45(99)55(28(13-83)117-65)121-67-51(105)47(101)38(92)23(8-78)112-67)57(123-62-32(72-17(2)86)41(95)36(90)21(6-76)110-62)30(118-68)15-108-69-59(48(102)39(93)24(9-79)113-69)125-64-34(74-19(4)88)44(98)54(27(12-82)116-64)120-66-50(104)46(100)37(91)22(7-77)111-66/h21-70,76-84,90-107H,6-15H2,1-5H3,(H,71,85)(H,72,86)(H,73,87)(H,74,88)(H,75,89)/t21-,22-,23-,24-,25-,26-,27-,28-,29-,30-,31-,32-,33-,34-,35-,36-,37+,38+,39-,40-,41-,42-,43-,44-,45-,46+,47+,48+,49+,50-,51-,52+,53-,54-,55-,56-,57-,58-,59+,60+,61+,62+,63+,64+,65+,66+,67+,68+,69+,70-/m1/s1. The lowest BCUT2D eigenvalue weighted by molar-refractivity contribution is -0.409. The van der Waals surface area contributed by atoms with E-state index in [2.05, 4.69) is 26.6 Å². The minimum Gasteiger partial charge on any atom is -0.394 e. The van der Waals surface area contributed by atoms with Crippen LogP contribution in [0.2, 0.25) is 0 Å². The van der Waals surface area contributed by atoms with Crippen molar-refractivity contribution in [2.45, 2.75) is 341 Å². The Morgan fingerprint density at radius 3 is 0.786 bits per heavy atom. The van der Waals surface area contributed by atoms with Crippen molar-refractivity contribution in [3.8, 4) is 0 Å². The van der Waals surface area contributed by atoms with Crippen LogP contribution in [-0.4, -0.2) is 540 Å². The van der Waals surface area contributed by atoms with Gasteiger partial charge in [0.15, 0.2) is 62.9 Å². The van der Waals surface area contributed by atoms with Crippen LogP contribution in [-0.2, 0) is 114 Å². The number of carbonyl (C=O) groups excluding carboxylic acids is 5. The quantitative estimate of drug-likeness (QED) is 0.0290. The lowest BCUT2D eigenvalue weighted by atomic mass is 9.93. The first-order valence-corrected chi connectivity index (χ1v) is 40.1. The average Bonchev–Trinajstić information content (AvgIpc) is 0.761. The first kappa shape index (κ1) is 104. The molecule has 0 saturated carbocycles. The van der Waals surface area contributed by atoms with E-state index in [1.807, 2.05) is 0 Å². The van der Waals surface area contributed by atoms with Gasteiger partial charge in [-0.25, -0.2) is 0 Å². The van der Waals surface area contributed by atoms with Gasteiger partial charge < -0.3 is 254 Å². The summed E-state index contributed by atoms with van der Waals surface area (Å²) in [6.07, 6.45) is -97.9. The summed E-state index contributed by atoms with van der Waals surface area (Å²) in [5, 5.41) is 315. The van der Waals surface area contributed by atoms with Gasteiger partial charge in [0, 0.05) is 34.6 Å². The molecule has 0 unspecified atom stereocenters. The van der Waals surface area contributed by atoms with Gasteiger partial charge in [-0.3, -0.25) is 24.0 Å². The van der Waals surface area contributed by atoms with Crippen LogP contribution in [0.3, 0.4) is 0 Å². The molecule has 0 spiro atoms. The molecule has 56 nitrogen and oxygen atoms in total. The van der Waals surface area contributed by atoms with Gasteiger partial charge in [-0.2, -0.15) is 0 Å². The zero-order chi connectivity index (χ0) is 92.8. The van der Waals surface area contributed by atoms with E-state index in [0.29, 0.717) is 0 Å². The molecule has 126 heavy (non-hydrogen) atoms. The molecule has 10 rings (SSSR count). The molecule has 5 amide bonds. The third-order valence-electron chi connectivity index (χ3n) is 22.9. The molecule has 50 atom stereocenters. The van der Waals surface area contributed by atoms with Gasteiger partial charge in [0.2, 0.25) is 29.5 Å². The second-order valence-corrected chi connectivity index (χ2v) is 31.7. The van der Waals surface area contributed by atoms with Crippen molar-refractivity contribution in [2.75, 3.05) is 66.1 Å². The van der Waals surface area contributed by atoms with Gasteiger partial charge in [0.25, 0.3) is 0 Å². The molecule has 56 heteroatoms. The molecule has 10 fully saturated rings. The predicted octanol–water partition coefficient (Wildman–Crippen LogP) is -22.1. The number of hydrogen-bond acceptors (Lipinski definition) is 51. The minimum absolute atomic E-state index is 0.824. The van der Waals surface area contributed by atoms with Crippen molar-refractivity contribution in [1.82, 2.24) is 26.6 Å². The van der Waals surface area contributed by atoms with E-state index in [1.165, 1.54) is 0 Å². The highest BCUT2D eigenvalue weighted by atomic mass is 16.8. The molecule has 0 bridgehead atoms. The molecule has 0 aromatic rings. The highest BCUT2D eigenvalue weighted by Gasteiger charge is 2.63. The second kappa shape index (κ2) is 45.5. The number of hydrogen-bond donors (Lipinski definition) is 32. The molecule has 0 radical (unpaired) electrons. The van der Waals surface area contributed by atoms with Crippen LogP contribution in [0.1, 0.15) is 34.6 Å². The number of nitrogens with one attached hydrogen (secondary N) is 5. The topological polar surface area (TPSA) is 867 Å². The van der Waals surface area contributed by atoms with E-state index in [9.17, 15) is 162 Å². The minimum atomic E-state index is -2.78. The van der Waals surface area contributed by atoms with Crippen LogP contribution in [0.4, 0.5) is 0 Å². The molecule has 0 aliphatic carbocycles. The highest BCUT2D eigenvalue weighted by molar-refractivity contribution is 5.75. The smallest absolute Gasteiger partial charge is 0.217 e. The summed E-state index contributed by atoms with van der Waals surface area (Å²) in [6, 6.07) is -9.82. The first-order valence-electron chi connectivity index (χ1n) is 40.1. The zero-order valence-corrected chi connectivity index (χ0v) is 67.8. The fourth-order valence-corrected chi connectivity index (χ4v) is 16.3. The molecule has 728 valence electrons. The SMILES string of the molecule is CC(=O)N[C@@H]1[C@@H](O)[C@H](O[C@@H]2O[C@H](CO)[C@@H](O[C@@H]3O[C@H](CO[C@H]4O[C@H](CO)[C@@H](O)[C@H](O)[C@@H]4O[C@@H]4O[C@H](CO)[C@@H](O[C@@H]5O[C@H](CO)[C@H](O)[C@H](O)[C@H]5O)[C@H](O)[C@H]4NC(C)=O)[C@@H](O[C@@H]4O[C@H](CO)[C@@H](O)[C@H](O)[C@H]4NC(C)=O)[C@H](O[C@H]4O[C@H](CO)[C@@H](O)[C@H](O)[C@@H]4O[C@@H]4O[C@H](CO)[C@@H](O[C@@H]5O[C@H](CO)[C@H](O)[C@H](O)[C@H]5O)[C@H](O)[C@H]4NC(C)=O)[C@@H]3O)[C@H](O)[C@H]2NC(C)=O)[C@@H](CO)O[C@@H]1O. The Balaban J connectivity index is 1.08. The number of aliphatic hydroxyl groups excluding tert-OH is 27. The average molecular weight is 1840 g/mol. The maximum absolute atomic E-state index is 13.4. The summed E-state index contributed by atoms with van der Waals surface area (Å²) in [5.41, 5.74) is 0. The van der Waals surface area contributed by atoms with E-state index < -0.39 is 402 Å². The molecule has 0 aromatic heterocycles. The maximum atomic E-state index is 13.4. The van der Waals surface area contributed by atoms with Crippen molar-refractivity contribution >= 4 is 29.5 Å². The van der Waals surface area contributed by atoms with E-state index in [4.69, 9.17) is 90.0 Å². The van der Waals surface area contributed by atoms with Crippen LogP contribution >= 0.6 is 0 Å². The van der Waals surface area contributed by atoms with Gasteiger partial charge in [-0.15, -0.1) is 0 Å². The number of aliphatic hydroxyl groups is 27. The van der Waals surface area contributed by atoms with E-state index in [1.54, 1.807) is 0 Å². The van der Waals surface area contributed by atoms with Crippen molar-refractivity contribution in [3.05, 3.63) is 0 Å². The number of ether oxygens (including phenoxy) is 19.